The van der Waals surface area contributed by atoms with E-state index in [4.69, 9.17) is 0 Å². The van der Waals surface area contributed by atoms with E-state index in [0.717, 1.165) is 17.2 Å². The van der Waals surface area contributed by atoms with E-state index in [1.807, 2.05) is 12.1 Å². The molecule has 0 spiro atoms. The number of nitrogens with zero attached hydrogens (tertiary/aromatic N) is 1. The minimum Gasteiger partial charge on any atom is -0.366 e. The zero-order valence-corrected chi connectivity index (χ0v) is 11.0. The normalized spacial score (nSPS) is 15.4. The van der Waals surface area contributed by atoms with Gasteiger partial charge in [-0.25, -0.2) is 4.39 Å². The van der Waals surface area contributed by atoms with Crippen LogP contribution in [-0.2, 0) is 0 Å². The van der Waals surface area contributed by atoms with Gasteiger partial charge < -0.3 is 5.32 Å². The summed E-state index contributed by atoms with van der Waals surface area (Å²) in [5.74, 6) is 0.437. The predicted molar refractivity (Wildman–Crippen MR) is 76.8 cm³/mol. The Morgan fingerprint density at radius 2 is 1.70 bits per heavy atom. The van der Waals surface area contributed by atoms with E-state index < -0.39 is 6.04 Å². The lowest BCUT2D eigenvalue weighted by Gasteiger charge is -2.13. The molecule has 1 unspecified atom stereocenters. The number of nitrogens with one attached hydrogen (secondary N) is 1. The van der Waals surface area contributed by atoms with Crippen molar-refractivity contribution in [2.45, 2.75) is 24.8 Å². The standard InChI is InChI=1S/C17H15FN2/c18-15-7-9-16(10-8-15)20-17(11-19)14-5-3-13(4-6-14)12-1-2-12/h3-10,12,17,20H,1-2H2. The number of hydrogen-bond donors (Lipinski definition) is 1. The average Bonchev–Trinajstić information content (AvgIpc) is 3.32. The van der Waals surface area contributed by atoms with Crippen LogP contribution in [0, 0.1) is 17.1 Å². The van der Waals surface area contributed by atoms with Crippen LogP contribution < -0.4 is 5.32 Å². The Bertz CT molecular complexity index is 622. The minimum atomic E-state index is -0.422. The Hall–Kier alpha value is -2.34. The van der Waals surface area contributed by atoms with Crippen LogP contribution in [0.2, 0.25) is 0 Å². The van der Waals surface area contributed by atoms with E-state index in [0.29, 0.717) is 0 Å². The monoisotopic (exact) mass is 266 g/mol. The summed E-state index contributed by atoms with van der Waals surface area (Å²) in [4.78, 5) is 0. The second-order valence-corrected chi connectivity index (χ2v) is 5.15. The van der Waals surface area contributed by atoms with Crippen molar-refractivity contribution >= 4 is 5.69 Å². The molecule has 3 rings (SSSR count). The van der Waals surface area contributed by atoms with Gasteiger partial charge in [-0.1, -0.05) is 24.3 Å². The average molecular weight is 266 g/mol. The lowest BCUT2D eigenvalue weighted by Crippen LogP contribution is -2.08. The molecule has 100 valence electrons. The molecule has 1 saturated carbocycles. The summed E-state index contributed by atoms with van der Waals surface area (Å²) >= 11 is 0. The number of hydrogen-bond acceptors (Lipinski definition) is 2. The van der Waals surface area contributed by atoms with Crippen molar-refractivity contribution in [2.24, 2.45) is 0 Å². The fourth-order valence-electron chi connectivity index (χ4n) is 2.28. The molecule has 1 fully saturated rings. The summed E-state index contributed by atoms with van der Waals surface area (Å²) in [6, 6.07) is 16.1. The molecule has 0 aromatic heterocycles. The van der Waals surface area contributed by atoms with Gasteiger partial charge in [0.25, 0.3) is 0 Å². The third-order valence-electron chi connectivity index (χ3n) is 3.60. The summed E-state index contributed by atoms with van der Waals surface area (Å²) in [5.41, 5.74) is 3.03. The molecule has 1 N–H and O–H groups in total. The van der Waals surface area contributed by atoms with Crippen LogP contribution in [0.3, 0.4) is 0 Å². The maximum absolute atomic E-state index is 12.9. The first-order valence-electron chi connectivity index (χ1n) is 6.78. The van der Waals surface area contributed by atoms with Gasteiger partial charge in [-0.15, -0.1) is 0 Å². The quantitative estimate of drug-likeness (QED) is 0.891. The van der Waals surface area contributed by atoms with Crippen molar-refractivity contribution in [1.82, 2.24) is 0 Å². The van der Waals surface area contributed by atoms with E-state index >= 15 is 0 Å². The molecule has 2 nitrogen and oxygen atoms in total. The van der Waals surface area contributed by atoms with Crippen LogP contribution in [0.25, 0.3) is 0 Å². The van der Waals surface area contributed by atoms with Gasteiger partial charge >= 0.3 is 0 Å². The van der Waals surface area contributed by atoms with Gasteiger partial charge in [0.05, 0.1) is 6.07 Å². The summed E-state index contributed by atoms with van der Waals surface area (Å²) in [6.07, 6.45) is 2.55. The fourth-order valence-corrected chi connectivity index (χ4v) is 2.28. The number of rotatable bonds is 4. The largest absolute Gasteiger partial charge is 0.366 e. The zero-order valence-electron chi connectivity index (χ0n) is 11.0. The van der Waals surface area contributed by atoms with Crippen LogP contribution >= 0.6 is 0 Å². The molecule has 0 bridgehead atoms. The Morgan fingerprint density at radius 1 is 1.05 bits per heavy atom. The van der Waals surface area contributed by atoms with Crippen LogP contribution in [-0.4, -0.2) is 0 Å². The van der Waals surface area contributed by atoms with Gasteiger partial charge in [0, 0.05) is 5.69 Å². The molecule has 1 aliphatic carbocycles. The second-order valence-electron chi connectivity index (χ2n) is 5.15. The first-order valence-corrected chi connectivity index (χ1v) is 6.78. The lowest BCUT2D eigenvalue weighted by atomic mass is 10.0. The molecule has 2 aromatic rings. The van der Waals surface area contributed by atoms with E-state index in [-0.39, 0.29) is 5.82 Å². The van der Waals surface area contributed by atoms with Gasteiger partial charge in [0.15, 0.2) is 0 Å². The third kappa shape index (κ3) is 2.80. The Labute approximate surface area is 117 Å². The van der Waals surface area contributed by atoms with Gasteiger partial charge in [0.2, 0.25) is 0 Å². The molecular weight excluding hydrogens is 251 g/mol. The summed E-state index contributed by atoms with van der Waals surface area (Å²) < 4.78 is 12.9. The maximum atomic E-state index is 12.9. The molecule has 2 aromatic carbocycles. The van der Waals surface area contributed by atoms with Crippen LogP contribution in [0.4, 0.5) is 10.1 Å². The van der Waals surface area contributed by atoms with Gasteiger partial charge in [-0.3, -0.25) is 0 Å². The van der Waals surface area contributed by atoms with Crippen molar-refractivity contribution in [1.29, 1.82) is 5.26 Å². The first-order chi connectivity index (χ1) is 9.76. The Kier molecular flexibility index (Phi) is 3.39. The number of benzene rings is 2. The fraction of sp³-hybridized carbons (Fsp3) is 0.235. The first kappa shape index (κ1) is 12.7. The molecule has 0 aliphatic heterocycles. The molecule has 3 heteroatoms. The minimum absolute atomic E-state index is 0.280. The molecule has 0 heterocycles. The van der Waals surface area contributed by atoms with Crippen molar-refractivity contribution in [3.63, 3.8) is 0 Å². The van der Waals surface area contributed by atoms with Gasteiger partial charge in [-0.05, 0) is 54.2 Å². The third-order valence-corrected chi connectivity index (χ3v) is 3.60. The van der Waals surface area contributed by atoms with Crippen LogP contribution in [0.1, 0.15) is 35.9 Å². The highest BCUT2D eigenvalue weighted by atomic mass is 19.1. The molecule has 0 radical (unpaired) electrons. The zero-order chi connectivity index (χ0) is 13.9. The lowest BCUT2D eigenvalue weighted by molar-refractivity contribution is 0.628. The summed E-state index contributed by atoms with van der Waals surface area (Å²) in [5, 5.41) is 12.4. The highest BCUT2D eigenvalue weighted by molar-refractivity contribution is 5.47. The second kappa shape index (κ2) is 5.34. The molecule has 1 atom stereocenters. The van der Waals surface area contributed by atoms with E-state index in [1.54, 1.807) is 12.1 Å². The summed E-state index contributed by atoms with van der Waals surface area (Å²) in [6.45, 7) is 0. The van der Waals surface area contributed by atoms with Gasteiger partial charge in [0.1, 0.15) is 11.9 Å². The van der Waals surface area contributed by atoms with Crippen molar-refractivity contribution in [2.75, 3.05) is 5.32 Å². The van der Waals surface area contributed by atoms with Crippen LogP contribution in [0.5, 0.6) is 0 Å². The van der Waals surface area contributed by atoms with Gasteiger partial charge in [-0.2, -0.15) is 5.26 Å². The number of anilines is 1. The maximum Gasteiger partial charge on any atom is 0.140 e. The molecule has 0 amide bonds. The number of halogens is 1. The smallest absolute Gasteiger partial charge is 0.140 e. The number of nitriles is 1. The highest BCUT2D eigenvalue weighted by Crippen LogP contribution is 2.40. The SMILES string of the molecule is N#CC(Nc1ccc(F)cc1)c1ccc(C2CC2)cc1. The predicted octanol–water partition coefficient (Wildman–Crippen LogP) is 4.38. The van der Waals surface area contributed by atoms with Crippen LogP contribution in [0.15, 0.2) is 48.5 Å². The van der Waals surface area contributed by atoms with Crippen molar-refractivity contribution in [3.8, 4) is 6.07 Å². The van der Waals surface area contributed by atoms with Crippen molar-refractivity contribution < 1.29 is 4.39 Å². The topological polar surface area (TPSA) is 35.8 Å². The molecule has 1 aliphatic rings. The highest BCUT2D eigenvalue weighted by Gasteiger charge is 2.23. The van der Waals surface area contributed by atoms with E-state index in [2.05, 4.69) is 23.5 Å². The van der Waals surface area contributed by atoms with E-state index in [9.17, 15) is 9.65 Å². The summed E-state index contributed by atoms with van der Waals surface area (Å²) in [7, 11) is 0. The molecule has 0 saturated heterocycles. The molecular formula is C17H15FN2. The Balaban J connectivity index is 1.75. The van der Waals surface area contributed by atoms with Crippen molar-refractivity contribution in [3.05, 3.63) is 65.5 Å². The Morgan fingerprint density at radius 3 is 2.25 bits per heavy atom. The molecule has 20 heavy (non-hydrogen) atoms. The van der Waals surface area contributed by atoms with E-state index in [1.165, 1.54) is 30.5 Å².